The average molecular weight is 275 g/mol. The normalized spacial score (nSPS) is 30.4. The molecule has 1 aromatic carbocycles. The topological polar surface area (TPSA) is 67.6 Å². The van der Waals surface area contributed by atoms with Gasteiger partial charge in [-0.15, -0.1) is 0 Å². The smallest absolute Gasteiger partial charge is 0.273 e. The Morgan fingerprint density at radius 2 is 2.40 bits per heavy atom. The van der Waals surface area contributed by atoms with Crippen LogP contribution in [0.15, 0.2) is 12.1 Å². The summed E-state index contributed by atoms with van der Waals surface area (Å²) in [5, 5.41) is 14.5. The second-order valence-electron chi connectivity index (χ2n) is 6.11. The molecule has 0 aromatic heterocycles. The molecule has 3 aliphatic rings. The molecule has 1 aliphatic carbocycles. The first-order valence-corrected chi connectivity index (χ1v) is 7.00. The summed E-state index contributed by atoms with van der Waals surface area (Å²) in [7, 11) is 0. The fourth-order valence-corrected chi connectivity index (χ4v) is 3.66. The molecular weight excluding hydrogens is 258 g/mol. The number of fused-ring (bicyclic) bond motifs is 2. The predicted molar refractivity (Wildman–Crippen MR) is 74.4 cm³/mol. The predicted octanol–water partition coefficient (Wildman–Crippen LogP) is 1.46. The van der Waals surface area contributed by atoms with Gasteiger partial charge in [0.1, 0.15) is 5.75 Å². The first-order chi connectivity index (χ1) is 9.61. The number of benzene rings is 1. The molecule has 106 valence electrons. The number of ether oxygens (including phenoxy) is 1. The molecule has 0 amide bonds. The number of aryl methyl sites for hydroxylation is 1. The minimum atomic E-state index is -0.351. The lowest BCUT2D eigenvalue weighted by molar-refractivity contribution is -0.385. The van der Waals surface area contributed by atoms with Crippen molar-refractivity contribution in [3.8, 4) is 5.75 Å². The van der Waals surface area contributed by atoms with Gasteiger partial charge in [-0.05, 0) is 18.9 Å². The number of anilines is 1. The summed E-state index contributed by atoms with van der Waals surface area (Å²) in [6, 6.07) is 3.73. The monoisotopic (exact) mass is 275 g/mol. The van der Waals surface area contributed by atoms with Gasteiger partial charge in [-0.25, -0.2) is 0 Å². The SMILES string of the molecule is Cc1cc([N+](=O)[O-])cc2c1N1CCNC[C@@]3(CO2)CC13. The largest absolute Gasteiger partial charge is 0.490 e. The Kier molecular flexibility index (Phi) is 2.30. The minimum absolute atomic E-state index is 0.112. The molecule has 1 saturated heterocycles. The lowest BCUT2D eigenvalue weighted by Crippen LogP contribution is -2.31. The number of hydrogen-bond acceptors (Lipinski definition) is 5. The molecule has 2 bridgehead atoms. The molecule has 20 heavy (non-hydrogen) atoms. The lowest BCUT2D eigenvalue weighted by atomic mass is 10.1. The van der Waals surface area contributed by atoms with E-state index in [1.807, 2.05) is 6.92 Å². The van der Waals surface area contributed by atoms with E-state index in [2.05, 4.69) is 10.2 Å². The van der Waals surface area contributed by atoms with Gasteiger partial charge in [0.05, 0.1) is 23.3 Å². The number of nitro groups is 1. The Bertz CT molecular complexity index is 604. The van der Waals surface area contributed by atoms with Crippen LogP contribution in [0.2, 0.25) is 0 Å². The Hall–Kier alpha value is -1.82. The van der Waals surface area contributed by atoms with Crippen LogP contribution >= 0.6 is 0 Å². The van der Waals surface area contributed by atoms with E-state index < -0.39 is 0 Å². The van der Waals surface area contributed by atoms with Gasteiger partial charge in [-0.1, -0.05) is 0 Å². The number of nitrogens with zero attached hydrogens (tertiary/aromatic N) is 2. The van der Waals surface area contributed by atoms with Crippen LogP contribution in [0.4, 0.5) is 11.4 Å². The van der Waals surface area contributed by atoms with E-state index in [9.17, 15) is 10.1 Å². The number of nitro benzene ring substituents is 1. The van der Waals surface area contributed by atoms with Gasteiger partial charge in [0, 0.05) is 37.2 Å². The fraction of sp³-hybridized carbons (Fsp3) is 0.571. The zero-order chi connectivity index (χ0) is 13.9. The quantitative estimate of drug-likeness (QED) is 0.621. The van der Waals surface area contributed by atoms with E-state index in [4.69, 9.17) is 4.74 Å². The number of nitrogens with one attached hydrogen (secondary N) is 1. The lowest BCUT2D eigenvalue weighted by Gasteiger charge is -2.26. The summed E-state index contributed by atoms with van der Waals surface area (Å²) in [4.78, 5) is 13.0. The van der Waals surface area contributed by atoms with Crippen LogP contribution in [0.25, 0.3) is 0 Å². The van der Waals surface area contributed by atoms with E-state index in [0.717, 1.165) is 37.3 Å². The van der Waals surface area contributed by atoms with Crippen molar-refractivity contribution < 1.29 is 9.66 Å². The van der Waals surface area contributed by atoms with E-state index in [0.29, 0.717) is 18.4 Å². The van der Waals surface area contributed by atoms with Crippen LogP contribution in [0, 0.1) is 22.5 Å². The highest BCUT2D eigenvalue weighted by atomic mass is 16.6. The molecule has 0 radical (unpaired) electrons. The van der Waals surface area contributed by atoms with Crippen LogP contribution in [-0.2, 0) is 0 Å². The summed E-state index contributed by atoms with van der Waals surface area (Å²) < 4.78 is 5.95. The highest BCUT2D eigenvalue weighted by Crippen LogP contribution is 2.56. The molecule has 1 unspecified atom stereocenters. The Morgan fingerprint density at radius 1 is 1.55 bits per heavy atom. The van der Waals surface area contributed by atoms with Crippen LogP contribution in [-0.4, -0.2) is 37.2 Å². The number of non-ortho nitro benzene ring substituents is 1. The van der Waals surface area contributed by atoms with Gasteiger partial charge < -0.3 is 15.0 Å². The Morgan fingerprint density at radius 3 is 3.20 bits per heavy atom. The maximum atomic E-state index is 11.0. The van der Waals surface area contributed by atoms with Gasteiger partial charge in [-0.3, -0.25) is 10.1 Å². The summed E-state index contributed by atoms with van der Waals surface area (Å²) in [5.41, 5.74) is 2.28. The first kappa shape index (κ1) is 12.0. The summed E-state index contributed by atoms with van der Waals surface area (Å²) >= 11 is 0. The van der Waals surface area contributed by atoms with Crippen molar-refractivity contribution in [2.24, 2.45) is 5.41 Å². The third kappa shape index (κ3) is 1.54. The van der Waals surface area contributed by atoms with Crippen molar-refractivity contribution in [2.45, 2.75) is 19.4 Å². The van der Waals surface area contributed by atoms with E-state index in [1.165, 1.54) is 0 Å². The molecule has 2 heterocycles. The molecular formula is C14H17N3O3. The zero-order valence-electron chi connectivity index (χ0n) is 11.4. The van der Waals surface area contributed by atoms with Crippen LogP contribution in [0.3, 0.4) is 0 Å². The van der Waals surface area contributed by atoms with E-state index >= 15 is 0 Å². The fourth-order valence-electron chi connectivity index (χ4n) is 3.66. The molecule has 6 heteroatoms. The van der Waals surface area contributed by atoms with Crippen LogP contribution in [0.5, 0.6) is 5.75 Å². The molecule has 4 rings (SSSR count). The van der Waals surface area contributed by atoms with Crippen LogP contribution in [0.1, 0.15) is 12.0 Å². The van der Waals surface area contributed by atoms with Gasteiger partial charge >= 0.3 is 0 Å². The minimum Gasteiger partial charge on any atom is -0.490 e. The number of rotatable bonds is 1. The van der Waals surface area contributed by atoms with Crippen molar-refractivity contribution in [2.75, 3.05) is 31.1 Å². The second kappa shape index (κ2) is 3.85. The van der Waals surface area contributed by atoms with Crippen molar-refractivity contribution in [1.82, 2.24) is 5.32 Å². The van der Waals surface area contributed by atoms with Gasteiger partial charge in [0.25, 0.3) is 5.69 Å². The molecule has 2 atom stereocenters. The molecule has 2 fully saturated rings. The second-order valence-corrected chi connectivity index (χ2v) is 6.11. The zero-order valence-corrected chi connectivity index (χ0v) is 11.4. The molecule has 1 N–H and O–H groups in total. The Labute approximate surface area is 116 Å². The van der Waals surface area contributed by atoms with Crippen molar-refractivity contribution in [3.05, 3.63) is 27.8 Å². The number of hydrogen-bond donors (Lipinski definition) is 1. The van der Waals surface area contributed by atoms with E-state index in [1.54, 1.807) is 12.1 Å². The molecule has 1 aromatic rings. The molecule has 0 spiro atoms. The van der Waals surface area contributed by atoms with Gasteiger partial charge in [-0.2, -0.15) is 0 Å². The highest BCUT2D eigenvalue weighted by molar-refractivity contribution is 5.69. The van der Waals surface area contributed by atoms with Crippen molar-refractivity contribution >= 4 is 11.4 Å². The van der Waals surface area contributed by atoms with Gasteiger partial charge in [0.2, 0.25) is 0 Å². The third-order valence-electron chi connectivity index (χ3n) is 4.79. The standard InChI is InChI=1S/C14H17N3O3/c1-9-4-10(17(18)19)5-11-13(9)16-3-2-15-7-14(8-20-11)6-12(14)16/h4-5,12,15H,2-3,6-8H2,1H3/t12?,14-/m1/s1. The molecule has 1 saturated carbocycles. The maximum Gasteiger partial charge on any atom is 0.273 e. The summed E-state index contributed by atoms with van der Waals surface area (Å²) in [6.45, 7) is 5.44. The third-order valence-corrected chi connectivity index (χ3v) is 4.79. The summed E-state index contributed by atoms with van der Waals surface area (Å²) in [6.07, 6.45) is 1.15. The molecule has 6 nitrogen and oxygen atoms in total. The highest BCUT2D eigenvalue weighted by Gasteiger charge is 2.60. The first-order valence-electron chi connectivity index (χ1n) is 7.00. The Balaban J connectivity index is 1.84. The summed E-state index contributed by atoms with van der Waals surface area (Å²) in [5.74, 6) is 0.671. The van der Waals surface area contributed by atoms with Crippen LogP contribution < -0.4 is 15.0 Å². The van der Waals surface area contributed by atoms with E-state index in [-0.39, 0.29) is 16.0 Å². The van der Waals surface area contributed by atoms with Crippen molar-refractivity contribution in [3.63, 3.8) is 0 Å². The van der Waals surface area contributed by atoms with Crippen molar-refractivity contribution in [1.29, 1.82) is 0 Å². The maximum absolute atomic E-state index is 11.0. The average Bonchev–Trinajstić information content (AvgIpc) is 3.13. The molecule has 2 aliphatic heterocycles. The van der Waals surface area contributed by atoms with Gasteiger partial charge in [0.15, 0.2) is 0 Å².